The van der Waals surface area contributed by atoms with Crippen LogP contribution in [0.25, 0.3) is 11.8 Å². The summed E-state index contributed by atoms with van der Waals surface area (Å²) >= 11 is 6.14. The number of amides is 3. The zero-order valence-corrected chi connectivity index (χ0v) is 16.3. The van der Waals surface area contributed by atoms with Crippen molar-refractivity contribution in [3.8, 4) is 5.69 Å². The number of carboxylic acid groups (broad SMARTS) is 1. The predicted octanol–water partition coefficient (Wildman–Crippen LogP) is 3.92. The molecule has 30 heavy (non-hydrogen) atoms. The lowest BCUT2D eigenvalue weighted by Gasteiger charge is -2.12. The van der Waals surface area contributed by atoms with Gasteiger partial charge in [-0.2, -0.15) is 0 Å². The van der Waals surface area contributed by atoms with Gasteiger partial charge in [-0.25, -0.2) is 9.59 Å². The van der Waals surface area contributed by atoms with Gasteiger partial charge in [0, 0.05) is 22.6 Å². The molecule has 2 N–H and O–H groups in total. The monoisotopic (exact) mass is 421 g/mol. The Balaban J connectivity index is 1.60. The van der Waals surface area contributed by atoms with Crippen molar-refractivity contribution in [3.63, 3.8) is 0 Å². The SMILES string of the molecule is O=C(O)c1ccc(-n2cccc2/C=C2/NC(=O)N(Cc3ccccc3Cl)C2=O)cc1. The first-order valence-corrected chi connectivity index (χ1v) is 9.41. The van der Waals surface area contributed by atoms with Crippen LogP contribution in [0.3, 0.4) is 0 Å². The minimum atomic E-state index is -1.01. The fourth-order valence-electron chi connectivity index (χ4n) is 3.17. The van der Waals surface area contributed by atoms with Gasteiger partial charge in [0.2, 0.25) is 0 Å². The number of urea groups is 1. The molecule has 0 aliphatic carbocycles. The Hall–Kier alpha value is -3.84. The Bertz CT molecular complexity index is 1180. The molecule has 2 heterocycles. The quantitative estimate of drug-likeness (QED) is 0.482. The first-order chi connectivity index (χ1) is 14.4. The van der Waals surface area contributed by atoms with E-state index in [-0.39, 0.29) is 17.8 Å². The number of hydrogen-bond donors (Lipinski definition) is 2. The number of halogens is 1. The van der Waals surface area contributed by atoms with Crippen LogP contribution in [-0.4, -0.2) is 32.5 Å². The van der Waals surface area contributed by atoms with E-state index in [0.29, 0.717) is 16.3 Å². The molecule has 0 unspecified atom stereocenters. The minimum Gasteiger partial charge on any atom is -0.478 e. The maximum atomic E-state index is 12.8. The summed E-state index contributed by atoms with van der Waals surface area (Å²) in [4.78, 5) is 37.3. The van der Waals surface area contributed by atoms with E-state index in [4.69, 9.17) is 16.7 Å². The van der Waals surface area contributed by atoms with Gasteiger partial charge in [-0.05, 0) is 54.1 Å². The number of nitrogens with zero attached hydrogens (tertiary/aromatic N) is 2. The molecule has 0 bridgehead atoms. The Labute approximate surface area is 176 Å². The maximum Gasteiger partial charge on any atom is 0.335 e. The molecule has 3 amide bonds. The molecule has 0 saturated carbocycles. The molecule has 1 aliphatic rings. The fraction of sp³-hybridized carbons (Fsp3) is 0.0455. The third kappa shape index (κ3) is 3.70. The van der Waals surface area contributed by atoms with E-state index in [1.165, 1.54) is 12.1 Å². The summed E-state index contributed by atoms with van der Waals surface area (Å²) < 4.78 is 1.79. The second-order valence-electron chi connectivity index (χ2n) is 6.63. The molecular formula is C22H16ClN3O4. The van der Waals surface area contributed by atoms with E-state index in [1.54, 1.807) is 65.4 Å². The lowest BCUT2D eigenvalue weighted by molar-refractivity contribution is -0.123. The van der Waals surface area contributed by atoms with Crippen molar-refractivity contribution in [3.05, 3.63) is 94.4 Å². The van der Waals surface area contributed by atoms with E-state index >= 15 is 0 Å². The number of carbonyl (C=O) groups excluding carboxylic acids is 2. The van der Waals surface area contributed by atoms with Crippen LogP contribution in [0.4, 0.5) is 4.79 Å². The van der Waals surface area contributed by atoms with E-state index in [2.05, 4.69) is 5.32 Å². The van der Waals surface area contributed by atoms with Crippen molar-refractivity contribution in [1.82, 2.24) is 14.8 Å². The largest absolute Gasteiger partial charge is 0.478 e. The van der Waals surface area contributed by atoms with Gasteiger partial charge in [0.15, 0.2) is 0 Å². The van der Waals surface area contributed by atoms with Gasteiger partial charge < -0.3 is 15.0 Å². The van der Waals surface area contributed by atoms with Gasteiger partial charge in [-0.15, -0.1) is 0 Å². The Morgan fingerprint density at radius 3 is 2.47 bits per heavy atom. The van der Waals surface area contributed by atoms with Crippen LogP contribution in [0.15, 0.2) is 72.6 Å². The highest BCUT2D eigenvalue weighted by Gasteiger charge is 2.34. The number of hydrogen-bond acceptors (Lipinski definition) is 3. The molecule has 8 heteroatoms. The number of imide groups is 1. The average molecular weight is 422 g/mol. The normalized spacial score (nSPS) is 15.0. The van der Waals surface area contributed by atoms with E-state index < -0.39 is 17.9 Å². The Kier molecular flexibility index (Phi) is 5.12. The maximum absolute atomic E-state index is 12.8. The van der Waals surface area contributed by atoms with E-state index in [0.717, 1.165) is 10.6 Å². The molecule has 1 aliphatic heterocycles. The van der Waals surface area contributed by atoms with Crippen molar-refractivity contribution < 1.29 is 19.5 Å². The zero-order valence-electron chi connectivity index (χ0n) is 15.6. The van der Waals surface area contributed by atoms with Gasteiger partial charge in [0.1, 0.15) is 5.70 Å². The van der Waals surface area contributed by atoms with Crippen molar-refractivity contribution in [2.24, 2.45) is 0 Å². The number of carbonyl (C=O) groups is 3. The topological polar surface area (TPSA) is 91.6 Å². The molecule has 0 radical (unpaired) electrons. The molecule has 2 aromatic carbocycles. The number of benzene rings is 2. The summed E-state index contributed by atoms with van der Waals surface area (Å²) in [6.45, 7) is 0.0688. The third-order valence-electron chi connectivity index (χ3n) is 4.71. The predicted molar refractivity (Wildman–Crippen MR) is 111 cm³/mol. The Morgan fingerprint density at radius 1 is 1.03 bits per heavy atom. The minimum absolute atomic E-state index is 0.0688. The molecule has 150 valence electrons. The zero-order chi connectivity index (χ0) is 21.3. The highest BCUT2D eigenvalue weighted by atomic mass is 35.5. The summed E-state index contributed by atoms with van der Waals surface area (Å²) in [6.07, 6.45) is 3.36. The van der Waals surface area contributed by atoms with Crippen LogP contribution in [-0.2, 0) is 11.3 Å². The van der Waals surface area contributed by atoms with Crippen LogP contribution in [0.5, 0.6) is 0 Å². The van der Waals surface area contributed by atoms with E-state index in [9.17, 15) is 14.4 Å². The fourth-order valence-corrected chi connectivity index (χ4v) is 3.37. The van der Waals surface area contributed by atoms with Crippen LogP contribution in [0.1, 0.15) is 21.6 Å². The molecule has 0 spiro atoms. The first kappa shape index (κ1) is 19.5. The van der Waals surface area contributed by atoms with Gasteiger partial charge >= 0.3 is 12.0 Å². The summed E-state index contributed by atoms with van der Waals surface area (Å²) in [7, 11) is 0. The second kappa shape index (κ2) is 7.88. The summed E-state index contributed by atoms with van der Waals surface area (Å²) in [5.74, 6) is -1.46. The molecular weight excluding hydrogens is 406 g/mol. The van der Waals surface area contributed by atoms with E-state index in [1.807, 2.05) is 0 Å². The second-order valence-corrected chi connectivity index (χ2v) is 7.03. The molecule has 7 nitrogen and oxygen atoms in total. The average Bonchev–Trinajstić information content (AvgIpc) is 3.30. The Morgan fingerprint density at radius 2 is 1.77 bits per heavy atom. The standard InChI is InChI=1S/C22H16ClN3O4/c23-18-6-2-1-4-15(18)13-26-20(27)19(24-22(26)30)12-17-5-3-11-25(17)16-9-7-14(8-10-16)21(28)29/h1-12H,13H2,(H,24,30)(H,28,29)/b19-12+. The summed E-state index contributed by atoms with van der Waals surface area (Å²) in [5.41, 5.74) is 2.38. The van der Waals surface area contributed by atoms with Crippen molar-refractivity contribution >= 4 is 35.6 Å². The summed E-state index contributed by atoms with van der Waals surface area (Å²) in [6, 6.07) is 16.4. The van der Waals surface area contributed by atoms with Crippen LogP contribution < -0.4 is 5.32 Å². The summed E-state index contributed by atoms with van der Waals surface area (Å²) in [5, 5.41) is 12.1. The third-order valence-corrected chi connectivity index (χ3v) is 5.08. The van der Waals surface area contributed by atoms with Gasteiger partial charge in [0.25, 0.3) is 5.91 Å². The molecule has 4 rings (SSSR count). The number of rotatable bonds is 5. The van der Waals surface area contributed by atoms with Crippen LogP contribution in [0, 0.1) is 0 Å². The number of aromatic carboxylic acids is 1. The molecule has 0 atom stereocenters. The number of carboxylic acids is 1. The van der Waals surface area contributed by atoms with Gasteiger partial charge in [-0.3, -0.25) is 9.69 Å². The van der Waals surface area contributed by atoms with Gasteiger partial charge in [0.05, 0.1) is 12.1 Å². The van der Waals surface area contributed by atoms with Crippen LogP contribution >= 0.6 is 11.6 Å². The van der Waals surface area contributed by atoms with Gasteiger partial charge in [-0.1, -0.05) is 29.8 Å². The highest BCUT2D eigenvalue weighted by molar-refractivity contribution is 6.31. The smallest absolute Gasteiger partial charge is 0.335 e. The molecule has 1 saturated heterocycles. The number of nitrogens with one attached hydrogen (secondary N) is 1. The molecule has 1 fully saturated rings. The highest BCUT2D eigenvalue weighted by Crippen LogP contribution is 2.22. The number of aromatic nitrogens is 1. The van der Waals surface area contributed by atoms with Crippen molar-refractivity contribution in [2.45, 2.75) is 6.54 Å². The first-order valence-electron chi connectivity index (χ1n) is 9.03. The lowest BCUT2D eigenvalue weighted by Crippen LogP contribution is -2.30. The van der Waals surface area contributed by atoms with Crippen molar-refractivity contribution in [1.29, 1.82) is 0 Å². The molecule has 1 aromatic heterocycles. The van der Waals surface area contributed by atoms with Crippen molar-refractivity contribution in [2.75, 3.05) is 0 Å². The lowest BCUT2D eigenvalue weighted by atomic mass is 10.2. The molecule has 3 aromatic rings. The van der Waals surface area contributed by atoms with Crippen LogP contribution in [0.2, 0.25) is 5.02 Å².